The molecule has 0 aromatic heterocycles. The van der Waals surface area contributed by atoms with Gasteiger partial charge >= 0.3 is 0 Å². The minimum atomic E-state index is -0.366. The van der Waals surface area contributed by atoms with Gasteiger partial charge in [-0.1, -0.05) is 36.4 Å². The molecule has 0 aliphatic rings. The molecule has 1 atom stereocenters. The fraction of sp³-hybridized carbons (Fsp3) is 0.250. The maximum atomic E-state index is 13.6. The second kappa shape index (κ2) is 6.34. The predicted molar refractivity (Wildman–Crippen MR) is 74.6 cm³/mol. The van der Waals surface area contributed by atoms with Gasteiger partial charge in [-0.3, -0.25) is 0 Å². The van der Waals surface area contributed by atoms with Crippen LogP contribution in [0.15, 0.2) is 48.5 Å². The zero-order valence-corrected chi connectivity index (χ0v) is 11.0. The molecule has 2 aromatic rings. The number of hydrogen-bond donors (Lipinski definition) is 1. The molecular formula is C16H18FNO. The molecule has 19 heavy (non-hydrogen) atoms. The second-order valence-electron chi connectivity index (χ2n) is 4.52. The molecule has 0 fully saturated rings. The van der Waals surface area contributed by atoms with Crippen molar-refractivity contribution in [2.45, 2.75) is 18.9 Å². The molecule has 0 amide bonds. The van der Waals surface area contributed by atoms with Crippen LogP contribution in [0.1, 0.15) is 23.6 Å². The van der Waals surface area contributed by atoms with E-state index in [4.69, 9.17) is 10.5 Å². The molecule has 100 valence electrons. The van der Waals surface area contributed by atoms with Crippen molar-refractivity contribution in [1.82, 2.24) is 0 Å². The Morgan fingerprint density at radius 1 is 1.16 bits per heavy atom. The smallest absolute Gasteiger partial charge is 0.165 e. The molecule has 2 rings (SSSR count). The van der Waals surface area contributed by atoms with Crippen molar-refractivity contribution >= 4 is 0 Å². The monoisotopic (exact) mass is 259 g/mol. The van der Waals surface area contributed by atoms with E-state index in [2.05, 4.69) is 12.1 Å². The highest BCUT2D eigenvalue weighted by Crippen LogP contribution is 2.23. The molecule has 0 bridgehead atoms. The van der Waals surface area contributed by atoms with Crippen molar-refractivity contribution in [2.75, 3.05) is 7.11 Å². The molecule has 0 heterocycles. The Bertz CT molecular complexity index is 528. The van der Waals surface area contributed by atoms with Crippen molar-refractivity contribution in [3.63, 3.8) is 0 Å². The van der Waals surface area contributed by atoms with E-state index in [0.717, 1.165) is 18.4 Å². The van der Waals surface area contributed by atoms with Gasteiger partial charge in [-0.05, 0) is 36.1 Å². The molecule has 2 aromatic carbocycles. The first kappa shape index (κ1) is 13.6. The number of ether oxygens (including phenoxy) is 1. The second-order valence-corrected chi connectivity index (χ2v) is 4.52. The molecule has 0 spiro atoms. The van der Waals surface area contributed by atoms with Gasteiger partial charge in [-0.2, -0.15) is 0 Å². The van der Waals surface area contributed by atoms with Crippen LogP contribution in [0.2, 0.25) is 0 Å². The maximum absolute atomic E-state index is 13.6. The van der Waals surface area contributed by atoms with Crippen LogP contribution in [0.3, 0.4) is 0 Å². The van der Waals surface area contributed by atoms with E-state index in [1.165, 1.54) is 18.7 Å². The van der Waals surface area contributed by atoms with Gasteiger partial charge in [0.25, 0.3) is 0 Å². The molecule has 0 radical (unpaired) electrons. The van der Waals surface area contributed by atoms with E-state index in [-0.39, 0.29) is 17.6 Å². The summed E-state index contributed by atoms with van der Waals surface area (Å²) >= 11 is 0. The van der Waals surface area contributed by atoms with Gasteiger partial charge in [0.1, 0.15) is 0 Å². The van der Waals surface area contributed by atoms with Crippen LogP contribution < -0.4 is 10.5 Å². The predicted octanol–water partition coefficient (Wildman–Crippen LogP) is 3.47. The zero-order valence-electron chi connectivity index (χ0n) is 11.0. The summed E-state index contributed by atoms with van der Waals surface area (Å²) < 4.78 is 18.5. The number of benzene rings is 2. The molecule has 3 heteroatoms. The summed E-state index contributed by atoms with van der Waals surface area (Å²) in [5.41, 5.74) is 8.14. The van der Waals surface area contributed by atoms with E-state index in [0.29, 0.717) is 0 Å². The van der Waals surface area contributed by atoms with Gasteiger partial charge in [0.05, 0.1) is 7.11 Å². The Balaban J connectivity index is 2.00. The standard InChI is InChI=1S/C16H18FNO/c1-19-16-10-8-13(11-14(16)17)15(18)9-7-12-5-3-2-4-6-12/h2-6,8,10-11,15H,7,9,18H2,1H3. The average molecular weight is 259 g/mol. The summed E-state index contributed by atoms with van der Waals surface area (Å²) in [6.07, 6.45) is 1.67. The van der Waals surface area contributed by atoms with Crippen molar-refractivity contribution in [3.8, 4) is 5.75 Å². The third-order valence-electron chi connectivity index (χ3n) is 3.19. The Morgan fingerprint density at radius 2 is 1.89 bits per heavy atom. The molecule has 1 unspecified atom stereocenters. The minimum Gasteiger partial charge on any atom is -0.494 e. The minimum absolute atomic E-state index is 0.166. The Kier molecular flexibility index (Phi) is 4.53. The summed E-state index contributed by atoms with van der Waals surface area (Å²) in [7, 11) is 1.45. The highest BCUT2D eigenvalue weighted by Gasteiger charge is 2.10. The summed E-state index contributed by atoms with van der Waals surface area (Å²) in [6, 6.07) is 14.9. The van der Waals surface area contributed by atoms with Gasteiger partial charge in [-0.25, -0.2) is 4.39 Å². The lowest BCUT2D eigenvalue weighted by molar-refractivity contribution is 0.385. The zero-order chi connectivity index (χ0) is 13.7. The fourth-order valence-corrected chi connectivity index (χ4v) is 2.05. The number of halogens is 1. The first-order valence-corrected chi connectivity index (χ1v) is 6.33. The van der Waals surface area contributed by atoms with E-state index < -0.39 is 0 Å². The van der Waals surface area contributed by atoms with E-state index >= 15 is 0 Å². The van der Waals surface area contributed by atoms with Crippen LogP contribution in [0.5, 0.6) is 5.75 Å². The Morgan fingerprint density at radius 3 is 2.53 bits per heavy atom. The summed E-state index contributed by atoms with van der Waals surface area (Å²) in [5, 5.41) is 0. The molecule has 0 saturated heterocycles. The lowest BCUT2D eigenvalue weighted by atomic mass is 9.99. The van der Waals surface area contributed by atoms with Crippen LogP contribution in [-0.4, -0.2) is 7.11 Å². The lowest BCUT2D eigenvalue weighted by Gasteiger charge is -2.13. The lowest BCUT2D eigenvalue weighted by Crippen LogP contribution is -2.11. The van der Waals surface area contributed by atoms with E-state index in [9.17, 15) is 4.39 Å². The summed E-state index contributed by atoms with van der Waals surface area (Å²) in [4.78, 5) is 0. The fourth-order valence-electron chi connectivity index (χ4n) is 2.05. The van der Waals surface area contributed by atoms with Gasteiger partial charge in [0.2, 0.25) is 0 Å². The number of aryl methyl sites for hydroxylation is 1. The third kappa shape index (κ3) is 3.55. The van der Waals surface area contributed by atoms with Crippen LogP contribution in [-0.2, 0) is 6.42 Å². The topological polar surface area (TPSA) is 35.2 Å². The van der Waals surface area contributed by atoms with Crippen molar-refractivity contribution in [3.05, 3.63) is 65.5 Å². The van der Waals surface area contributed by atoms with Crippen molar-refractivity contribution < 1.29 is 9.13 Å². The molecule has 0 aliphatic heterocycles. The SMILES string of the molecule is COc1ccc(C(N)CCc2ccccc2)cc1F. The maximum Gasteiger partial charge on any atom is 0.165 e. The third-order valence-corrected chi connectivity index (χ3v) is 3.19. The number of methoxy groups -OCH3 is 1. The van der Waals surface area contributed by atoms with Crippen LogP contribution in [0.4, 0.5) is 4.39 Å². The van der Waals surface area contributed by atoms with E-state index in [1.54, 1.807) is 6.07 Å². The summed E-state index contributed by atoms with van der Waals surface area (Å²) in [5.74, 6) is -0.117. The van der Waals surface area contributed by atoms with Gasteiger partial charge in [0.15, 0.2) is 11.6 Å². The van der Waals surface area contributed by atoms with Gasteiger partial charge in [-0.15, -0.1) is 0 Å². The van der Waals surface area contributed by atoms with Crippen molar-refractivity contribution in [2.24, 2.45) is 5.73 Å². The largest absolute Gasteiger partial charge is 0.494 e. The highest BCUT2D eigenvalue weighted by molar-refractivity contribution is 5.31. The van der Waals surface area contributed by atoms with E-state index in [1.807, 2.05) is 24.3 Å². The number of nitrogens with two attached hydrogens (primary N) is 1. The van der Waals surface area contributed by atoms with Crippen molar-refractivity contribution in [1.29, 1.82) is 0 Å². The Hall–Kier alpha value is -1.87. The van der Waals surface area contributed by atoms with Crippen LogP contribution in [0.25, 0.3) is 0 Å². The molecule has 2 N–H and O–H groups in total. The molecule has 2 nitrogen and oxygen atoms in total. The average Bonchev–Trinajstić information content (AvgIpc) is 2.45. The first-order valence-electron chi connectivity index (χ1n) is 6.33. The van der Waals surface area contributed by atoms with Crippen LogP contribution >= 0.6 is 0 Å². The quantitative estimate of drug-likeness (QED) is 0.892. The first-order chi connectivity index (χ1) is 9.20. The van der Waals surface area contributed by atoms with Crippen LogP contribution in [0, 0.1) is 5.82 Å². The highest BCUT2D eigenvalue weighted by atomic mass is 19.1. The van der Waals surface area contributed by atoms with Gasteiger partial charge < -0.3 is 10.5 Å². The Labute approximate surface area is 113 Å². The normalized spacial score (nSPS) is 12.2. The number of rotatable bonds is 5. The molecular weight excluding hydrogens is 241 g/mol. The summed E-state index contributed by atoms with van der Waals surface area (Å²) in [6.45, 7) is 0. The molecule has 0 saturated carbocycles. The number of hydrogen-bond acceptors (Lipinski definition) is 2. The molecule has 0 aliphatic carbocycles. The van der Waals surface area contributed by atoms with Gasteiger partial charge in [0, 0.05) is 6.04 Å².